The van der Waals surface area contributed by atoms with Gasteiger partial charge in [0.15, 0.2) is 5.78 Å². The molecule has 1 N–H and O–H groups in total. The van der Waals surface area contributed by atoms with E-state index in [1.54, 1.807) is 4.90 Å². The van der Waals surface area contributed by atoms with Crippen LogP contribution in [0.3, 0.4) is 0 Å². The molecule has 0 radical (unpaired) electrons. The smallest absolute Gasteiger partial charge is 0.251 e. The number of hydrogen-bond donors (Lipinski definition) is 1. The molecule has 3 aliphatic heterocycles. The van der Waals surface area contributed by atoms with Crippen molar-refractivity contribution in [2.45, 2.75) is 82.5 Å². The second-order valence-corrected chi connectivity index (χ2v) is 10.6. The van der Waals surface area contributed by atoms with Gasteiger partial charge >= 0.3 is 0 Å². The summed E-state index contributed by atoms with van der Waals surface area (Å²) in [4.78, 5) is 43.1. The summed E-state index contributed by atoms with van der Waals surface area (Å²) in [6.07, 6.45) is 6.29. The number of benzene rings is 1. The zero-order chi connectivity index (χ0) is 23.8. The molecule has 0 bridgehead atoms. The van der Waals surface area contributed by atoms with E-state index < -0.39 is 12.1 Å². The first-order valence-corrected chi connectivity index (χ1v) is 13.1. The standard InChI is InChI=1S/C27H37N3O4/c1-3-17(2)24(27(33)30-15-12-23-25(30)22(31)16-34-23)28-26(32)20-6-4-18(5-7-20)19-10-13-29(14-11-19)21-8-9-21/h4-7,17,19,21,23-25H,3,8-16H2,1-2H3,(H,28,32)/t17?,23-,24?,25-/m1/s1. The van der Waals surface area contributed by atoms with Gasteiger partial charge in [0, 0.05) is 18.2 Å². The van der Waals surface area contributed by atoms with Crippen molar-refractivity contribution in [3.63, 3.8) is 0 Å². The summed E-state index contributed by atoms with van der Waals surface area (Å²) in [6, 6.07) is 7.60. The Balaban J connectivity index is 1.23. The summed E-state index contributed by atoms with van der Waals surface area (Å²) in [6.45, 7) is 6.89. The average Bonchev–Trinajstić information content (AvgIpc) is 3.53. The molecule has 4 atom stereocenters. The summed E-state index contributed by atoms with van der Waals surface area (Å²) >= 11 is 0. The Bertz CT molecular complexity index is 920. The summed E-state index contributed by atoms with van der Waals surface area (Å²) in [5.41, 5.74) is 1.87. The van der Waals surface area contributed by atoms with Crippen LogP contribution in [0.1, 0.15) is 74.2 Å². The molecule has 1 aromatic carbocycles. The monoisotopic (exact) mass is 467 g/mol. The van der Waals surface area contributed by atoms with Crippen LogP contribution in [0.15, 0.2) is 24.3 Å². The molecule has 7 nitrogen and oxygen atoms in total. The SMILES string of the molecule is CCC(C)C(NC(=O)c1ccc(C2CCN(C3CC3)CC2)cc1)C(=O)N1CC[C@H]2OCC(=O)[C@H]21. The van der Waals surface area contributed by atoms with E-state index in [2.05, 4.69) is 22.3 Å². The number of carbonyl (C=O) groups excluding carboxylic acids is 3. The Morgan fingerprint density at radius 1 is 1.06 bits per heavy atom. The summed E-state index contributed by atoms with van der Waals surface area (Å²) < 4.78 is 5.53. The van der Waals surface area contributed by atoms with Gasteiger partial charge in [-0.2, -0.15) is 0 Å². The largest absolute Gasteiger partial charge is 0.368 e. The Morgan fingerprint density at radius 2 is 1.76 bits per heavy atom. The summed E-state index contributed by atoms with van der Waals surface area (Å²) in [5.74, 6) is 0.0647. The van der Waals surface area contributed by atoms with Gasteiger partial charge in [0.1, 0.15) is 18.7 Å². The van der Waals surface area contributed by atoms with Crippen LogP contribution in [0.2, 0.25) is 0 Å². The fourth-order valence-electron chi connectivity index (χ4n) is 5.87. The van der Waals surface area contributed by atoms with E-state index >= 15 is 0 Å². The fourth-order valence-corrected chi connectivity index (χ4v) is 5.87. The maximum Gasteiger partial charge on any atom is 0.251 e. The first-order valence-electron chi connectivity index (χ1n) is 13.1. The van der Waals surface area contributed by atoms with Crippen LogP contribution in [0, 0.1) is 5.92 Å². The quantitative estimate of drug-likeness (QED) is 0.667. The topological polar surface area (TPSA) is 79.0 Å². The van der Waals surface area contributed by atoms with Crippen molar-refractivity contribution >= 4 is 17.6 Å². The number of likely N-dealkylation sites (tertiary alicyclic amines) is 2. The fraction of sp³-hybridized carbons (Fsp3) is 0.667. The molecule has 0 aromatic heterocycles. The molecule has 3 saturated heterocycles. The molecular weight excluding hydrogens is 430 g/mol. The van der Waals surface area contributed by atoms with Gasteiger partial charge in [-0.3, -0.25) is 14.4 Å². The van der Waals surface area contributed by atoms with Gasteiger partial charge in [0.2, 0.25) is 5.91 Å². The number of ether oxygens (including phenoxy) is 1. The van der Waals surface area contributed by atoms with Crippen molar-refractivity contribution in [1.29, 1.82) is 0 Å². The third-order valence-corrected chi connectivity index (χ3v) is 8.40. The van der Waals surface area contributed by atoms with Crippen LogP contribution in [0.4, 0.5) is 0 Å². The maximum atomic E-state index is 13.4. The highest BCUT2D eigenvalue weighted by Crippen LogP contribution is 2.34. The number of nitrogens with zero attached hydrogens (tertiary/aromatic N) is 2. The van der Waals surface area contributed by atoms with Crippen LogP contribution < -0.4 is 5.32 Å². The highest BCUT2D eigenvalue weighted by atomic mass is 16.5. The van der Waals surface area contributed by atoms with Gasteiger partial charge in [0.25, 0.3) is 5.91 Å². The Labute approximate surface area is 202 Å². The molecule has 4 aliphatic rings. The molecule has 5 rings (SSSR count). The van der Waals surface area contributed by atoms with E-state index in [4.69, 9.17) is 4.74 Å². The number of hydrogen-bond acceptors (Lipinski definition) is 5. The molecule has 2 unspecified atom stereocenters. The maximum absolute atomic E-state index is 13.4. The van der Waals surface area contributed by atoms with Crippen molar-refractivity contribution in [3.05, 3.63) is 35.4 Å². The summed E-state index contributed by atoms with van der Waals surface area (Å²) in [5, 5.41) is 2.99. The minimum atomic E-state index is -0.656. The van der Waals surface area contributed by atoms with E-state index in [1.807, 2.05) is 26.0 Å². The Morgan fingerprint density at radius 3 is 2.41 bits per heavy atom. The third-order valence-electron chi connectivity index (χ3n) is 8.40. The van der Waals surface area contributed by atoms with Crippen molar-refractivity contribution in [3.8, 4) is 0 Å². The zero-order valence-corrected chi connectivity index (χ0v) is 20.4. The molecule has 1 aliphatic carbocycles. The summed E-state index contributed by atoms with van der Waals surface area (Å²) in [7, 11) is 0. The van der Waals surface area contributed by atoms with Gasteiger partial charge in [0.05, 0.1) is 6.10 Å². The van der Waals surface area contributed by atoms with Crippen molar-refractivity contribution < 1.29 is 19.1 Å². The normalized spacial score (nSPS) is 27.5. The van der Waals surface area contributed by atoms with Gasteiger partial charge in [-0.1, -0.05) is 32.4 Å². The predicted octanol–water partition coefficient (Wildman–Crippen LogP) is 2.74. The predicted molar refractivity (Wildman–Crippen MR) is 129 cm³/mol. The molecular formula is C27H37N3O4. The molecule has 2 amide bonds. The van der Waals surface area contributed by atoms with E-state index in [9.17, 15) is 14.4 Å². The zero-order valence-electron chi connectivity index (χ0n) is 20.4. The second-order valence-electron chi connectivity index (χ2n) is 10.6. The number of amides is 2. The molecule has 1 saturated carbocycles. The van der Waals surface area contributed by atoms with Gasteiger partial charge in [-0.25, -0.2) is 0 Å². The molecule has 184 valence electrons. The highest BCUT2D eigenvalue weighted by molar-refractivity contribution is 5.99. The van der Waals surface area contributed by atoms with Crippen LogP contribution in [0.25, 0.3) is 0 Å². The lowest BCUT2D eigenvalue weighted by atomic mass is 9.89. The van der Waals surface area contributed by atoms with Crippen molar-refractivity contribution in [1.82, 2.24) is 15.1 Å². The van der Waals surface area contributed by atoms with Crippen LogP contribution in [0.5, 0.6) is 0 Å². The van der Waals surface area contributed by atoms with Crippen LogP contribution in [-0.4, -0.2) is 77.9 Å². The highest BCUT2D eigenvalue weighted by Gasteiger charge is 2.48. The van der Waals surface area contributed by atoms with Crippen LogP contribution >= 0.6 is 0 Å². The van der Waals surface area contributed by atoms with Gasteiger partial charge in [-0.15, -0.1) is 0 Å². The molecule has 0 spiro atoms. The Kier molecular flexibility index (Phi) is 6.76. The van der Waals surface area contributed by atoms with Crippen molar-refractivity contribution in [2.75, 3.05) is 26.2 Å². The average molecular weight is 468 g/mol. The minimum Gasteiger partial charge on any atom is -0.368 e. The number of fused-ring (bicyclic) bond motifs is 1. The molecule has 34 heavy (non-hydrogen) atoms. The molecule has 7 heteroatoms. The van der Waals surface area contributed by atoms with Crippen molar-refractivity contribution in [2.24, 2.45) is 5.92 Å². The van der Waals surface area contributed by atoms with E-state index in [0.717, 1.165) is 12.5 Å². The van der Waals surface area contributed by atoms with E-state index in [1.165, 1.54) is 44.3 Å². The van der Waals surface area contributed by atoms with Gasteiger partial charge in [-0.05, 0) is 74.7 Å². The molecule has 3 heterocycles. The lowest BCUT2D eigenvalue weighted by molar-refractivity contribution is -0.139. The first kappa shape index (κ1) is 23.5. The second kappa shape index (κ2) is 9.78. The first-order chi connectivity index (χ1) is 16.5. The number of rotatable bonds is 7. The number of Topliss-reactive ketones (excluding diaryl/α,β-unsaturated/α-hetero) is 1. The molecule has 1 aromatic rings. The number of piperidine rings is 1. The van der Waals surface area contributed by atoms with Gasteiger partial charge < -0.3 is 19.9 Å². The minimum absolute atomic E-state index is 0.0381. The number of nitrogens with one attached hydrogen (secondary N) is 1. The lowest BCUT2D eigenvalue weighted by Gasteiger charge is -2.32. The molecule has 4 fully saturated rings. The van der Waals surface area contributed by atoms with Crippen LogP contribution in [-0.2, 0) is 14.3 Å². The third kappa shape index (κ3) is 4.65. The van der Waals surface area contributed by atoms with E-state index in [-0.39, 0.29) is 36.2 Å². The van der Waals surface area contributed by atoms with E-state index in [0.29, 0.717) is 24.4 Å². The Hall–Kier alpha value is -2.25. The number of carbonyl (C=O) groups is 3. The lowest BCUT2D eigenvalue weighted by Crippen LogP contribution is -2.54. The number of ketones is 1.